The number of carbonyl (C=O) groups is 1. The van der Waals surface area contributed by atoms with Gasteiger partial charge in [0, 0.05) is 24.5 Å². The predicted octanol–water partition coefficient (Wildman–Crippen LogP) is 3.57. The number of aromatic nitrogens is 3. The van der Waals surface area contributed by atoms with Gasteiger partial charge in [-0.3, -0.25) is 9.36 Å². The highest BCUT2D eigenvalue weighted by Gasteiger charge is 2.26. The summed E-state index contributed by atoms with van der Waals surface area (Å²) >= 11 is 1.38. The molecule has 2 aromatic carbocycles. The van der Waals surface area contributed by atoms with Gasteiger partial charge in [-0.15, -0.1) is 10.2 Å². The van der Waals surface area contributed by atoms with Crippen LogP contribution in [0.4, 0.5) is 17.3 Å². The lowest BCUT2D eigenvalue weighted by molar-refractivity contribution is -0.113. The van der Waals surface area contributed by atoms with E-state index >= 15 is 0 Å². The summed E-state index contributed by atoms with van der Waals surface area (Å²) in [6.07, 6.45) is 0. The molecule has 30 heavy (non-hydrogen) atoms. The first-order valence-corrected chi connectivity index (χ1v) is 10.7. The van der Waals surface area contributed by atoms with Gasteiger partial charge in [0.1, 0.15) is 11.5 Å². The molecule has 0 saturated carbocycles. The zero-order valence-corrected chi connectivity index (χ0v) is 17.7. The summed E-state index contributed by atoms with van der Waals surface area (Å²) in [5, 5.41) is 12.2. The molecule has 0 atom stereocenters. The van der Waals surface area contributed by atoms with E-state index in [0.717, 1.165) is 47.1 Å². The van der Waals surface area contributed by atoms with Crippen molar-refractivity contribution in [2.75, 3.05) is 36.2 Å². The Labute approximate surface area is 179 Å². The third kappa shape index (κ3) is 4.35. The average molecular weight is 426 g/mol. The molecule has 156 valence electrons. The van der Waals surface area contributed by atoms with E-state index < -0.39 is 0 Å². The number of ether oxygens (including phenoxy) is 2. The summed E-state index contributed by atoms with van der Waals surface area (Å²) in [5.74, 6) is 2.55. The van der Waals surface area contributed by atoms with Crippen molar-refractivity contribution >= 4 is 35.0 Å². The van der Waals surface area contributed by atoms with Crippen LogP contribution in [0, 0.1) is 0 Å². The first-order chi connectivity index (χ1) is 14.7. The molecule has 0 radical (unpaired) electrons. The molecule has 0 saturated heterocycles. The van der Waals surface area contributed by atoms with Gasteiger partial charge in [-0.25, -0.2) is 0 Å². The maximum atomic E-state index is 12.3. The minimum atomic E-state index is -0.0912. The van der Waals surface area contributed by atoms with Crippen LogP contribution >= 0.6 is 11.8 Å². The van der Waals surface area contributed by atoms with Crippen molar-refractivity contribution in [1.82, 2.24) is 14.8 Å². The highest BCUT2D eigenvalue weighted by Crippen LogP contribution is 2.32. The van der Waals surface area contributed by atoms with Crippen molar-refractivity contribution in [3.05, 3.63) is 48.5 Å². The van der Waals surface area contributed by atoms with Gasteiger partial charge >= 0.3 is 0 Å². The first-order valence-electron chi connectivity index (χ1n) is 9.68. The van der Waals surface area contributed by atoms with Crippen LogP contribution in [0.15, 0.2) is 53.7 Å². The lowest BCUT2D eigenvalue weighted by Gasteiger charge is -2.15. The molecule has 0 aliphatic carbocycles. The van der Waals surface area contributed by atoms with Gasteiger partial charge in [0.2, 0.25) is 11.9 Å². The number of rotatable bonds is 8. The number of fused-ring (bicyclic) bond motifs is 1. The van der Waals surface area contributed by atoms with Gasteiger partial charge in [0.05, 0.1) is 19.5 Å². The Balaban J connectivity index is 1.35. The van der Waals surface area contributed by atoms with Crippen molar-refractivity contribution in [3.8, 4) is 11.5 Å². The molecular formula is C21H23N5O3S. The fourth-order valence-electron chi connectivity index (χ4n) is 3.22. The van der Waals surface area contributed by atoms with E-state index in [1.54, 1.807) is 7.11 Å². The minimum absolute atomic E-state index is 0.0912. The van der Waals surface area contributed by atoms with Crippen LogP contribution in [0.5, 0.6) is 11.5 Å². The van der Waals surface area contributed by atoms with E-state index in [9.17, 15) is 4.79 Å². The van der Waals surface area contributed by atoms with E-state index in [0.29, 0.717) is 6.61 Å². The Morgan fingerprint density at radius 1 is 1.07 bits per heavy atom. The number of benzene rings is 2. The second kappa shape index (κ2) is 9.08. The number of carbonyl (C=O) groups excluding carboxylic acids is 1. The molecule has 1 amide bonds. The van der Waals surface area contributed by atoms with E-state index in [4.69, 9.17) is 9.47 Å². The zero-order valence-electron chi connectivity index (χ0n) is 16.9. The lowest BCUT2D eigenvalue weighted by Crippen LogP contribution is -2.14. The number of nitrogens with zero attached hydrogens (tertiary/aromatic N) is 4. The normalized spacial score (nSPS) is 12.5. The Morgan fingerprint density at radius 2 is 1.80 bits per heavy atom. The van der Waals surface area contributed by atoms with Crippen LogP contribution in [-0.2, 0) is 11.3 Å². The minimum Gasteiger partial charge on any atom is -0.497 e. The summed E-state index contributed by atoms with van der Waals surface area (Å²) in [7, 11) is 1.65. The predicted molar refractivity (Wildman–Crippen MR) is 117 cm³/mol. The quantitative estimate of drug-likeness (QED) is 0.553. The Kier molecular flexibility index (Phi) is 6.08. The van der Waals surface area contributed by atoms with Gasteiger partial charge in [-0.05, 0) is 55.5 Å². The fraction of sp³-hybridized carbons (Fsp3) is 0.286. The van der Waals surface area contributed by atoms with Crippen molar-refractivity contribution < 1.29 is 14.3 Å². The number of amides is 1. The van der Waals surface area contributed by atoms with E-state index in [2.05, 4.69) is 20.4 Å². The van der Waals surface area contributed by atoms with Crippen LogP contribution in [0.25, 0.3) is 0 Å². The molecule has 4 rings (SSSR count). The van der Waals surface area contributed by atoms with Crippen molar-refractivity contribution in [1.29, 1.82) is 0 Å². The summed E-state index contributed by atoms with van der Waals surface area (Å²) in [4.78, 5) is 14.4. The maximum Gasteiger partial charge on any atom is 0.234 e. The highest BCUT2D eigenvalue weighted by atomic mass is 32.2. The van der Waals surface area contributed by atoms with Crippen LogP contribution in [0.3, 0.4) is 0 Å². The zero-order chi connectivity index (χ0) is 20.9. The molecule has 0 spiro atoms. The Hall–Kier alpha value is -3.20. The monoisotopic (exact) mass is 425 g/mol. The maximum absolute atomic E-state index is 12.3. The van der Waals surface area contributed by atoms with Crippen molar-refractivity contribution in [2.45, 2.75) is 18.6 Å². The Bertz CT molecular complexity index is 1000. The third-order valence-electron chi connectivity index (χ3n) is 4.65. The number of thioether (sulfide) groups is 1. The average Bonchev–Trinajstić information content (AvgIpc) is 3.36. The molecule has 8 nitrogen and oxygen atoms in total. The topological polar surface area (TPSA) is 81.5 Å². The molecule has 3 aromatic rings. The standard InChI is InChI=1S/C21H23N5O3S/c1-3-29-18-8-4-15(5-9-18)22-19(27)14-30-21-24-23-20-25(12-13-26(20)21)16-6-10-17(28-2)11-7-16/h4-11H,3,12-14H2,1-2H3,(H,22,27). The molecule has 9 heteroatoms. The lowest BCUT2D eigenvalue weighted by atomic mass is 10.3. The second-order valence-corrected chi connectivity index (χ2v) is 7.52. The molecule has 0 fully saturated rings. The molecule has 0 bridgehead atoms. The molecule has 2 heterocycles. The van der Waals surface area contributed by atoms with Crippen LogP contribution in [0.2, 0.25) is 0 Å². The summed E-state index contributed by atoms with van der Waals surface area (Å²) in [5.41, 5.74) is 1.77. The Morgan fingerprint density at radius 3 is 2.50 bits per heavy atom. The number of nitrogens with one attached hydrogen (secondary N) is 1. The van der Waals surface area contributed by atoms with E-state index in [-0.39, 0.29) is 11.7 Å². The SMILES string of the molecule is CCOc1ccc(NC(=O)CSc2nnc3n2CCN3c2ccc(OC)cc2)cc1. The summed E-state index contributed by atoms with van der Waals surface area (Å²) in [6, 6.07) is 15.2. The van der Waals surface area contributed by atoms with Gasteiger partial charge in [-0.2, -0.15) is 0 Å². The number of hydrogen-bond donors (Lipinski definition) is 1. The van der Waals surface area contributed by atoms with Crippen molar-refractivity contribution in [2.24, 2.45) is 0 Å². The third-order valence-corrected chi connectivity index (χ3v) is 5.62. The molecule has 0 unspecified atom stereocenters. The summed E-state index contributed by atoms with van der Waals surface area (Å²) < 4.78 is 12.7. The fourth-order valence-corrected chi connectivity index (χ4v) is 3.98. The van der Waals surface area contributed by atoms with Crippen LogP contribution in [0.1, 0.15) is 6.92 Å². The van der Waals surface area contributed by atoms with Gasteiger partial charge < -0.3 is 19.7 Å². The van der Waals surface area contributed by atoms with Gasteiger partial charge in [0.15, 0.2) is 5.16 Å². The molecule has 1 aromatic heterocycles. The van der Waals surface area contributed by atoms with E-state index in [1.165, 1.54) is 11.8 Å². The van der Waals surface area contributed by atoms with Gasteiger partial charge in [-0.1, -0.05) is 11.8 Å². The largest absolute Gasteiger partial charge is 0.497 e. The number of methoxy groups -OCH3 is 1. The first kappa shape index (κ1) is 20.1. The highest BCUT2D eigenvalue weighted by molar-refractivity contribution is 7.99. The molecule has 1 N–H and O–H groups in total. The molecular weight excluding hydrogens is 402 g/mol. The van der Waals surface area contributed by atoms with Crippen molar-refractivity contribution in [3.63, 3.8) is 0 Å². The second-order valence-electron chi connectivity index (χ2n) is 6.58. The number of anilines is 3. The van der Waals surface area contributed by atoms with Crippen LogP contribution < -0.4 is 19.7 Å². The number of hydrogen-bond acceptors (Lipinski definition) is 7. The smallest absolute Gasteiger partial charge is 0.234 e. The van der Waals surface area contributed by atoms with Crippen LogP contribution in [-0.4, -0.2) is 46.7 Å². The molecule has 1 aliphatic heterocycles. The summed E-state index contributed by atoms with van der Waals surface area (Å²) in [6.45, 7) is 4.13. The van der Waals surface area contributed by atoms with E-state index in [1.807, 2.05) is 60.0 Å². The van der Waals surface area contributed by atoms with Gasteiger partial charge in [0.25, 0.3) is 0 Å². The molecule has 1 aliphatic rings.